The van der Waals surface area contributed by atoms with Crippen LogP contribution < -0.4 is 0 Å². The Kier molecular flexibility index (Phi) is 3.97. The van der Waals surface area contributed by atoms with E-state index in [0.717, 1.165) is 34.0 Å². The second-order valence-electron chi connectivity index (χ2n) is 6.46. The molecule has 1 aliphatic heterocycles. The summed E-state index contributed by atoms with van der Waals surface area (Å²) in [5.41, 5.74) is 2.89. The molecule has 7 heteroatoms. The molecule has 25 heavy (non-hydrogen) atoms. The van der Waals surface area contributed by atoms with Gasteiger partial charge in [0.1, 0.15) is 16.6 Å². The third kappa shape index (κ3) is 2.89. The molecule has 4 rings (SSSR count). The van der Waals surface area contributed by atoms with Crippen LogP contribution in [0.15, 0.2) is 36.5 Å². The third-order valence-electron chi connectivity index (χ3n) is 4.83. The van der Waals surface area contributed by atoms with Gasteiger partial charge in [0, 0.05) is 24.8 Å². The average Bonchev–Trinajstić information content (AvgIpc) is 3.10. The van der Waals surface area contributed by atoms with Crippen LogP contribution in [0.4, 0.5) is 0 Å². The molecule has 0 aliphatic carbocycles. The molecule has 3 heterocycles. The maximum atomic E-state index is 12.8. The highest BCUT2D eigenvalue weighted by atomic mass is 32.1. The normalized spacial score (nSPS) is 17.0. The van der Waals surface area contributed by atoms with Crippen molar-refractivity contribution in [3.63, 3.8) is 0 Å². The fourth-order valence-corrected chi connectivity index (χ4v) is 3.90. The fraction of sp³-hybridized carbons (Fsp3) is 0.333. The molecule has 1 fully saturated rings. The molecular formula is C18H18N4O2S. The maximum absolute atomic E-state index is 12.8. The number of carbonyl (C=O) groups excluding carboxylic acids is 1. The number of piperidine rings is 1. The van der Waals surface area contributed by atoms with Crippen LogP contribution in [0.25, 0.3) is 11.0 Å². The van der Waals surface area contributed by atoms with E-state index in [1.54, 1.807) is 23.2 Å². The fourth-order valence-electron chi connectivity index (χ4n) is 3.39. The van der Waals surface area contributed by atoms with E-state index in [2.05, 4.69) is 13.7 Å². The first-order chi connectivity index (χ1) is 12.1. The Bertz CT molecular complexity index is 931. The molecule has 0 spiro atoms. The summed E-state index contributed by atoms with van der Waals surface area (Å²) in [6, 6.07) is 9.21. The summed E-state index contributed by atoms with van der Waals surface area (Å²) in [5, 5.41) is 11.0. The molecule has 0 radical (unpaired) electrons. The first kappa shape index (κ1) is 16.1. The predicted molar refractivity (Wildman–Crippen MR) is 95.4 cm³/mol. The Morgan fingerprint density at radius 1 is 1.20 bits per heavy atom. The van der Waals surface area contributed by atoms with Crippen LogP contribution in [-0.4, -0.2) is 42.7 Å². The van der Waals surface area contributed by atoms with Gasteiger partial charge in [-0.25, -0.2) is 0 Å². The van der Waals surface area contributed by atoms with Gasteiger partial charge in [-0.15, -0.1) is 0 Å². The van der Waals surface area contributed by atoms with Gasteiger partial charge in [0.2, 0.25) is 0 Å². The summed E-state index contributed by atoms with van der Waals surface area (Å²) in [4.78, 5) is 18.9. The second-order valence-corrected chi connectivity index (χ2v) is 6.99. The van der Waals surface area contributed by atoms with Gasteiger partial charge in [-0.1, -0.05) is 6.07 Å². The minimum atomic E-state index is -0.967. The van der Waals surface area contributed by atoms with Crippen molar-refractivity contribution in [2.75, 3.05) is 13.1 Å². The van der Waals surface area contributed by atoms with Crippen LogP contribution in [0.1, 0.15) is 34.5 Å². The van der Waals surface area contributed by atoms with Crippen molar-refractivity contribution in [1.29, 1.82) is 0 Å². The van der Waals surface area contributed by atoms with Crippen LogP contribution in [-0.2, 0) is 5.60 Å². The molecular weight excluding hydrogens is 336 g/mol. The summed E-state index contributed by atoms with van der Waals surface area (Å²) >= 11 is 1.14. The highest BCUT2D eigenvalue weighted by Crippen LogP contribution is 2.33. The van der Waals surface area contributed by atoms with Crippen molar-refractivity contribution < 1.29 is 9.90 Å². The molecule has 1 aliphatic rings. The Morgan fingerprint density at radius 2 is 1.96 bits per heavy atom. The maximum Gasteiger partial charge on any atom is 0.253 e. The second kappa shape index (κ2) is 6.16. The zero-order valence-corrected chi connectivity index (χ0v) is 14.7. The first-order valence-electron chi connectivity index (χ1n) is 8.23. The number of amides is 1. The van der Waals surface area contributed by atoms with Gasteiger partial charge in [0.15, 0.2) is 0 Å². The number of carbonyl (C=O) groups is 1. The van der Waals surface area contributed by atoms with Gasteiger partial charge < -0.3 is 10.0 Å². The number of aryl methyl sites for hydroxylation is 1. The Hall–Kier alpha value is -2.38. The molecule has 1 aromatic carbocycles. The molecule has 128 valence electrons. The third-order valence-corrected chi connectivity index (χ3v) is 5.39. The Morgan fingerprint density at radius 3 is 2.72 bits per heavy atom. The average molecular weight is 354 g/mol. The van der Waals surface area contributed by atoms with Crippen molar-refractivity contribution in [1.82, 2.24) is 18.6 Å². The van der Waals surface area contributed by atoms with Gasteiger partial charge >= 0.3 is 0 Å². The topological polar surface area (TPSA) is 79.2 Å². The molecule has 0 unspecified atom stereocenters. The van der Waals surface area contributed by atoms with Crippen molar-refractivity contribution in [3.05, 3.63) is 53.3 Å². The van der Waals surface area contributed by atoms with E-state index in [-0.39, 0.29) is 5.91 Å². The summed E-state index contributed by atoms with van der Waals surface area (Å²) in [6.45, 7) is 2.95. The van der Waals surface area contributed by atoms with Crippen LogP contribution >= 0.6 is 11.7 Å². The molecule has 1 amide bonds. The van der Waals surface area contributed by atoms with E-state index in [0.29, 0.717) is 31.5 Å². The summed E-state index contributed by atoms with van der Waals surface area (Å²) < 4.78 is 8.35. The van der Waals surface area contributed by atoms with E-state index in [9.17, 15) is 9.90 Å². The Labute approximate surface area is 149 Å². The lowest BCUT2D eigenvalue weighted by Gasteiger charge is -2.38. The van der Waals surface area contributed by atoms with Gasteiger partial charge in [-0.05, 0) is 49.6 Å². The van der Waals surface area contributed by atoms with Gasteiger partial charge in [0.25, 0.3) is 5.91 Å². The van der Waals surface area contributed by atoms with Gasteiger partial charge in [-0.3, -0.25) is 9.78 Å². The monoisotopic (exact) mass is 354 g/mol. The largest absolute Gasteiger partial charge is 0.383 e. The highest BCUT2D eigenvalue weighted by molar-refractivity contribution is 7.00. The molecule has 2 aromatic heterocycles. The summed E-state index contributed by atoms with van der Waals surface area (Å²) in [5.74, 6) is -0.0327. The number of pyridine rings is 1. The molecule has 3 aromatic rings. The van der Waals surface area contributed by atoms with E-state index >= 15 is 0 Å². The van der Waals surface area contributed by atoms with Crippen LogP contribution in [0, 0.1) is 6.92 Å². The Balaban J connectivity index is 1.51. The molecule has 0 saturated carbocycles. The van der Waals surface area contributed by atoms with Crippen molar-refractivity contribution in [3.8, 4) is 0 Å². The lowest BCUT2D eigenvalue weighted by atomic mass is 9.85. The SMILES string of the molecule is Cc1cccnc1C1(O)CCN(C(=O)c2ccc3nsnc3c2)CC1. The number of hydrogen-bond acceptors (Lipinski definition) is 6. The summed E-state index contributed by atoms with van der Waals surface area (Å²) in [7, 11) is 0. The number of aromatic nitrogens is 3. The molecule has 1 saturated heterocycles. The van der Waals surface area contributed by atoms with Crippen molar-refractivity contribution >= 4 is 28.7 Å². The lowest BCUT2D eigenvalue weighted by molar-refractivity contribution is -0.0248. The standard InChI is InChI=1S/C18H18N4O2S/c1-12-3-2-8-19-16(12)18(24)6-9-22(10-7-18)17(23)13-4-5-14-15(11-13)21-25-20-14/h2-5,8,11,24H,6-7,9-10H2,1H3. The van der Waals surface area contributed by atoms with Crippen molar-refractivity contribution in [2.24, 2.45) is 0 Å². The zero-order valence-electron chi connectivity index (χ0n) is 13.8. The van der Waals surface area contributed by atoms with Gasteiger partial charge in [-0.2, -0.15) is 8.75 Å². The molecule has 6 nitrogen and oxygen atoms in total. The first-order valence-corrected chi connectivity index (χ1v) is 8.96. The number of nitrogens with zero attached hydrogens (tertiary/aromatic N) is 4. The van der Waals surface area contributed by atoms with Crippen LogP contribution in [0.3, 0.4) is 0 Å². The molecule has 0 atom stereocenters. The van der Waals surface area contributed by atoms with Crippen LogP contribution in [0.5, 0.6) is 0 Å². The minimum absolute atomic E-state index is 0.0327. The minimum Gasteiger partial charge on any atom is -0.383 e. The highest BCUT2D eigenvalue weighted by Gasteiger charge is 2.37. The number of fused-ring (bicyclic) bond motifs is 1. The number of hydrogen-bond donors (Lipinski definition) is 1. The van der Waals surface area contributed by atoms with Crippen LogP contribution in [0.2, 0.25) is 0 Å². The quantitative estimate of drug-likeness (QED) is 0.765. The van der Waals surface area contributed by atoms with E-state index < -0.39 is 5.60 Å². The summed E-state index contributed by atoms with van der Waals surface area (Å²) in [6.07, 6.45) is 2.67. The van der Waals surface area contributed by atoms with E-state index in [1.807, 2.05) is 25.1 Å². The number of aliphatic hydroxyl groups is 1. The zero-order chi connectivity index (χ0) is 17.4. The van der Waals surface area contributed by atoms with E-state index in [1.165, 1.54) is 0 Å². The lowest BCUT2D eigenvalue weighted by Crippen LogP contribution is -2.45. The number of likely N-dealkylation sites (tertiary alicyclic amines) is 1. The number of rotatable bonds is 2. The molecule has 1 N–H and O–H groups in total. The van der Waals surface area contributed by atoms with E-state index in [4.69, 9.17) is 0 Å². The van der Waals surface area contributed by atoms with Crippen molar-refractivity contribution in [2.45, 2.75) is 25.4 Å². The van der Waals surface area contributed by atoms with Gasteiger partial charge in [0.05, 0.1) is 17.4 Å². The number of benzene rings is 1. The smallest absolute Gasteiger partial charge is 0.253 e. The predicted octanol–water partition coefficient (Wildman–Crippen LogP) is 2.52. The molecule has 0 bridgehead atoms.